The molecule has 0 aliphatic carbocycles. The Kier molecular flexibility index (Phi) is 4.29. The summed E-state index contributed by atoms with van der Waals surface area (Å²) in [5.74, 6) is 0.0572. The Morgan fingerprint density at radius 1 is 1.50 bits per heavy atom. The third kappa shape index (κ3) is 2.77. The van der Waals surface area contributed by atoms with Gasteiger partial charge in [-0.15, -0.1) is 0 Å². The highest BCUT2D eigenvalue weighted by atomic mass is 79.9. The molecule has 1 N–H and O–H groups in total. The maximum Gasteiger partial charge on any atom is 0.339 e. The highest BCUT2D eigenvalue weighted by Crippen LogP contribution is 2.35. The van der Waals surface area contributed by atoms with Gasteiger partial charge < -0.3 is 14.6 Å². The zero-order valence-corrected chi connectivity index (χ0v) is 12.5. The molecular weight excluding hydrogens is 328 g/mol. The number of hydrogen-bond donors (Lipinski definition) is 1. The summed E-state index contributed by atoms with van der Waals surface area (Å²) >= 11 is 3.37. The standard InChI is InChI=1S/C13H13BrN2O4/c1-16-10(8(6-15-16)13(17)18)7-20-12-9(14)4-3-5-11(12)19-2/h3-6H,7H2,1-2H3,(H,17,18). The third-order valence-corrected chi connectivity index (χ3v) is 3.42. The summed E-state index contributed by atoms with van der Waals surface area (Å²) < 4.78 is 13.1. The van der Waals surface area contributed by atoms with Crippen molar-refractivity contribution >= 4 is 21.9 Å². The number of carbonyl (C=O) groups is 1. The summed E-state index contributed by atoms with van der Waals surface area (Å²) in [6.07, 6.45) is 1.30. The van der Waals surface area contributed by atoms with Gasteiger partial charge in [0, 0.05) is 7.05 Å². The second kappa shape index (κ2) is 5.96. The molecule has 0 atom stereocenters. The fraction of sp³-hybridized carbons (Fsp3) is 0.231. The fourth-order valence-electron chi connectivity index (χ4n) is 1.74. The maximum absolute atomic E-state index is 11.1. The Morgan fingerprint density at radius 2 is 2.25 bits per heavy atom. The van der Waals surface area contributed by atoms with Crippen LogP contribution in [0.4, 0.5) is 0 Å². The molecule has 0 saturated carbocycles. The summed E-state index contributed by atoms with van der Waals surface area (Å²) in [5, 5.41) is 13.0. The Bertz CT molecular complexity index is 639. The van der Waals surface area contributed by atoms with Gasteiger partial charge in [-0.2, -0.15) is 5.10 Å². The minimum Gasteiger partial charge on any atom is -0.493 e. The largest absolute Gasteiger partial charge is 0.493 e. The Hall–Kier alpha value is -2.02. The molecule has 1 aromatic heterocycles. The number of aromatic nitrogens is 2. The molecule has 0 radical (unpaired) electrons. The quantitative estimate of drug-likeness (QED) is 0.904. The number of aromatic carboxylic acids is 1. The van der Waals surface area contributed by atoms with Gasteiger partial charge >= 0.3 is 5.97 Å². The van der Waals surface area contributed by atoms with E-state index in [9.17, 15) is 4.79 Å². The van der Waals surface area contributed by atoms with Crippen molar-refractivity contribution in [1.82, 2.24) is 9.78 Å². The smallest absolute Gasteiger partial charge is 0.339 e. The first-order valence-electron chi connectivity index (χ1n) is 5.74. The van der Waals surface area contributed by atoms with Gasteiger partial charge in [-0.3, -0.25) is 4.68 Å². The molecule has 0 bridgehead atoms. The first-order chi connectivity index (χ1) is 9.54. The molecule has 6 nitrogen and oxygen atoms in total. The fourth-order valence-corrected chi connectivity index (χ4v) is 2.21. The lowest BCUT2D eigenvalue weighted by Crippen LogP contribution is -2.09. The van der Waals surface area contributed by atoms with E-state index in [4.69, 9.17) is 14.6 Å². The van der Waals surface area contributed by atoms with Crippen LogP contribution < -0.4 is 9.47 Å². The van der Waals surface area contributed by atoms with Crippen LogP contribution in [0, 0.1) is 0 Å². The molecule has 7 heteroatoms. The van der Waals surface area contributed by atoms with Gasteiger partial charge in [-0.05, 0) is 28.1 Å². The van der Waals surface area contributed by atoms with E-state index in [1.807, 2.05) is 12.1 Å². The van der Waals surface area contributed by atoms with Crippen LogP contribution in [-0.4, -0.2) is 28.0 Å². The number of ether oxygens (including phenoxy) is 2. The number of para-hydroxylation sites is 1. The SMILES string of the molecule is COc1cccc(Br)c1OCc1c(C(=O)O)cnn1C. The third-order valence-electron chi connectivity index (χ3n) is 2.80. The van der Waals surface area contributed by atoms with Gasteiger partial charge in [0.05, 0.1) is 23.5 Å². The predicted molar refractivity (Wildman–Crippen MR) is 75.2 cm³/mol. The second-order valence-electron chi connectivity index (χ2n) is 3.99. The molecule has 0 aliphatic rings. The minimum absolute atomic E-state index is 0.0805. The molecule has 0 amide bonds. The van der Waals surface area contributed by atoms with E-state index in [1.54, 1.807) is 20.2 Å². The van der Waals surface area contributed by atoms with Gasteiger partial charge in [-0.1, -0.05) is 6.07 Å². The van der Waals surface area contributed by atoms with E-state index in [1.165, 1.54) is 10.9 Å². The number of carboxylic acids is 1. The van der Waals surface area contributed by atoms with Crippen LogP contribution in [0.15, 0.2) is 28.9 Å². The van der Waals surface area contributed by atoms with Crippen LogP contribution in [0.3, 0.4) is 0 Å². The maximum atomic E-state index is 11.1. The highest BCUT2D eigenvalue weighted by molar-refractivity contribution is 9.10. The molecular formula is C13H13BrN2O4. The topological polar surface area (TPSA) is 73.6 Å². The zero-order valence-electron chi connectivity index (χ0n) is 11.0. The molecule has 0 aliphatic heterocycles. The van der Waals surface area contributed by atoms with Crippen LogP contribution in [0.1, 0.15) is 16.1 Å². The van der Waals surface area contributed by atoms with Crippen molar-refractivity contribution in [2.24, 2.45) is 7.05 Å². The van der Waals surface area contributed by atoms with E-state index < -0.39 is 5.97 Å². The molecule has 20 heavy (non-hydrogen) atoms. The number of methoxy groups -OCH3 is 1. The first-order valence-corrected chi connectivity index (χ1v) is 6.53. The molecule has 2 rings (SSSR count). The average Bonchev–Trinajstić information content (AvgIpc) is 2.78. The van der Waals surface area contributed by atoms with Crippen LogP contribution in [-0.2, 0) is 13.7 Å². The van der Waals surface area contributed by atoms with Crippen molar-refractivity contribution < 1.29 is 19.4 Å². The van der Waals surface area contributed by atoms with E-state index in [0.29, 0.717) is 17.2 Å². The van der Waals surface area contributed by atoms with E-state index in [2.05, 4.69) is 21.0 Å². The predicted octanol–water partition coefficient (Wildman–Crippen LogP) is 2.47. The number of nitrogens with zero attached hydrogens (tertiary/aromatic N) is 2. The molecule has 1 aromatic carbocycles. The van der Waals surface area contributed by atoms with E-state index >= 15 is 0 Å². The Morgan fingerprint density at radius 3 is 2.90 bits per heavy atom. The van der Waals surface area contributed by atoms with Crippen LogP contribution in [0.25, 0.3) is 0 Å². The zero-order chi connectivity index (χ0) is 14.7. The highest BCUT2D eigenvalue weighted by Gasteiger charge is 2.17. The van der Waals surface area contributed by atoms with Crippen molar-refractivity contribution in [3.05, 3.63) is 40.1 Å². The summed E-state index contributed by atoms with van der Waals surface area (Å²) in [7, 11) is 3.21. The number of benzene rings is 1. The monoisotopic (exact) mass is 340 g/mol. The van der Waals surface area contributed by atoms with Crippen molar-refractivity contribution in [2.75, 3.05) is 7.11 Å². The molecule has 1 heterocycles. The molecule has 106 valence electrons. The summed E-state index contributed by atoms with van der Waals surface area (Å²) in [6.45, 7) is 0.0805. The summed E-state index contributed by atoms with van der Waals surface area (Å²) in [4.78, 5) is 11.1. The molecule has 0 saturated heterocycles. The number of halogens is 1. The molecule has 0 spiro atoms. The molecule has 0 fully saturated rings. The van der Waals surface area contributed by atoms with Gasteiger partial charge in [0.25, 0.3) is 0 Å². The molecule has 0 unspecified atom stereocenters. The van der Waals surface area contributed by atoms with Gasteiger partial charge in [-0.25, -0.2) is 4.79 Å². The lowest BCUT2D eigenvalue weighted by atomic mass is 10.2. The number of aryl methyl sites for hydroxylation is 1. The normalized spacial score (nSPS) is 10.3. The van der Waals surface area contributed by atoms with Crippen LogP contribution in [0.5, 0.6) is 11.5 Å². The van der Waals surface area contributed by atoms with Gasteiger partial charge in [0.15, 0.2) is 11.5 Å². The van der Waals surface area contributed by atoms with Crippen molar-refractivity contribution in [1.29, 1.82) is 0 Å². The first kappa shape index (κ1) is 14.4. The van der Waals surface area contributed by atoms with E-state index in [0.717, 1.165) is 4.47 Å². The summed E-state index contributed by atoms with van der Waals surface area (Å²) in [5.41, 5.74) is 0.605. The van der Waals surface area contributed by atoms with Crippen LogP contribution in [0.2, 0.25) is 0 Å². The van der Waals surface area contributed by atoms with Crippen molar-refractivity contribution in [3.8, 4) is 11.5 Å². The lowest BCUT2D eigenvalue weighted by molar-refractivity contribution is 0.0693. The van der Waals surface area contributed by atoms with Gasteiger partial charge in [0.2, 0.25) is 0 Å². The van der Waals surface area contributed by atoms with Crippen molar-refractivity contribution in [2.45, 2.75) is 6.61 Å². The Balaban J connectivity index is 2.26. The minimum atomic E-state index is -1.03. The summed E-state index contributed by atoms with van der Waals surface area (Å²) in [6, 6.07) is 5.41. The number of carboxylic acid groups (broad SMARTS) is 1. The van der Waals surface area contributed by atoms with Gasteiger partial charge in [0.1, 0.15) is 12.2 Å². The average molecular weight is 341 g/mol. The van der Waals surface area contributed by atoms with Crippen molar-refractivity contribution in [3.63, 3.8) is 0 Å². The molecule has 2 aromatic rings. The lowest BCUT2D eigenvalue weighted by Gasteiger charge is -2.12. The Labute approximate surface area is 124 Å². The number of hydrogen-bond acceptors (Lipinski definition) is 4. The second-order valence-corrected chi connectivity index (χ2v) is 4.85. The van der Waals surface area contributed by atoms with Crippen LogP contribution >= 0.6 is 15.9 Å². The van der Waals surface area contributed by atoms with E-state index in [-0.39, 0.29) is 12.2 Å². The number of rotatable bonds is 5.